The van der Waals surface area contributed by atoms with Crippen molar-refractivity contribution in [3.8, 4) is 5.75 Å². The number of rotatable bonds is 4. The third-order valence-corrected chi connectivity index (χ3v) is 4.07. The lowest BCUT2D eigenvalue weighted by atomic mass is 9.99. The number of H-pyrrole nitrogens is 1. The second-order valence-electron chi connectivity index (χ2n) is 5.39. The number of hydrogen-bond acceptors (Lipinski definition) is 2. The Morgan fingerprint density at radius 3 is 2.86 bits per heavy atom. The molecule has 0 aliphatic carbocycles. The molecule has 2 heterocycles. The molecule has 114 valence electrons. The summed E-state index contributed by atoms with van der Waals surface area (Å²) in [6.45, 7) is 5.67. The van der Waals surface area contributed by atoms with Crippen molar-refractivity contribution in [2.45, 2.75) is 19.8 Å². The average molecular weight is 307 g/mol. The van der Waals surface area contributed by atoms with Crippen LogP contribution in [0.15, 0.2) is 30.5 Å². The van der Waals surface area contributed by atoms with Crippen LogP contribution in [0.5, 0.6) is 5.75 Å². The van der Waals surface area contributed by atoms with Crippen molar-refractivity contribution < 1.29 is 4.74 Å². The molecule has 0 saturated carbocycles. The van der Waals surface area contributed by atoms with E-state index in [2.05, 4.69) is 41.2 Å². The highest BCUT2D eigenvalue weighted by Gasteiger charge is 2.15. The molecular formula is C17H23ClN2O. The molecule has 0 unspecified atom stereocenters. The maximum absolute atomic E-state index is 5.34. The lowest BCUT2D eigenvalue weighted by molar-refractivity contribution is 0.302. The zero-order valence-corrected chi connectivity index (χ0v) is 13.5. The minimum atomic E-state index is 0. The lowest BCUT2D eigenvalue weighted by Crippen LogP contribution is -2.29. The summed E-state index contributed by atoms with van der Waals surface area (Å²) in [6, 6.07) is 6.21. The summed E-state index contributed by atoms with van der Waals surface area (Å²) in [7, 11) is 1.72. The van der Waals surface area contributed by atoms with E-state index in [1.54, 1.807) is 7.11 Å². The summed E-state index contributed by atoms with van der Waals surface area (Å²) in [5.41, 5.74) is 3.96. The molecule has 0 bridgehead atoms. The number of halogens is 1. The molecular weight excluding hydrogens is 284 g/mol. The van der Waals surface area contributed by atoms with Crippen LogP contribution in [0.3, 0.4) is 0 Å². The number of aromatic nitrogens is 1. The van der Waals surface area contributed by atoms with Crippen LogP contribution in [0.1, 0.15) is 25.3 Å². The van der Waals surface area contributed by atoms with E-state index in [1.165, 1.54) is 35.0 Å². The van der Waals surface area contributed by atoms with Crippen LogP contribution in [0, 0.1) is 0 Å². The van der Waals surface area contributed by atoms with E-state index >= 15 is 0 Å². The van der Waals surface area contributed by atoms with Crippen molar-refractivity contribution in [3.05, 3.63) is 36.0 Å². The largest absolute Gasteiger partial charge is 0.497 e. The lowest BCUT2D eigenvalue weighted by Gasteiger charge is -2.25. The van der Waals surface area contributed by atoms with Crippen molar-refractivity contribution in [3.63, 3.8) is 0 Å². The van der Waals surface area contributed by atoms with Gasteiger partial charge in [0.15, 0.2) is 0 Å². The van der Waals surface area contributed by atoms with Gasteiger partial charge in [0, 0.05) is 35.8 Å². The first-order chi connectivity index (χ1) is 9.81. The molecule has 0 fully saturated rings. The zero-order valence-electron chi connectivity index (χ0n) is 12.7. The number of fused-ring (bicyclic) bond motifs is 1. The Balaban J connectivity index is 0.00000161. The molecule has 0 radical (unpaired) electrons. The van der Waals surface area contributed by atoms with Crippen molar-refractivity contribution in [2.24, 2.45) is 0 Å². The molecule has 1 aromatic carbocycles. The fourth-order valence-corrected chi connectivity index (χ4v) is 2.97. The molecule has 3 rings (SSSR count). The van der Waals surface area contributed by atoms with Crippen molar-refractivity contribution >= 4 is 28.9 Å². The molecule has 1 N–H and O–H groups in total. The standard InChI is InChI=1S/C17H22N2O.ClH/c1-3-8-19-9-6-13(7-10-19)16-12-18-17-5-4-14(20-2)11-15(16)17;/h4-6,11-12,18H,3,7-10H2,1-2H3;1H. The topological polar surface area (TPSA) is 28.3 Å². The maximum Gasteiger partial charge on any atom is 0.119 e. The first-order valence-corrected chi connectivity index (χ1v) is 7.38. The van der Waals surface area contributed by atoms with Gasteiger partial charge in [0.2, 0.25) is 0 Å². The summed E-state index contributed by atoms with van der Waals surface area (Å²) >= 11 is 0. The quantitative estimate of drug-likeness (QED) is 0.921. The van der Waals surface area contributed by atoms with Crippen LogP contribution in [0.4, 0.5) is 0 Å². The first-order valence-electron chi connectivity index (χ1n) is 7.38. The van der Waals surface area contributed by atoms with Crippen molar-refractivity contribution in [1.29, 1.82) is 0 Å². The number of methoxy groups -OCH3 is 1. The highest BCUT2D eigenvalue weighted by Crippen LogP contribution is 2.31. The van der Waals surface area contributed by atoms with E-state index in [0.29, 0.717) is 0 Å². The monoisotopic (exact) mass is 306 g/mol. The molecule has 4 heteroatoms. The fraction of sp³-hybridized carbons (Fsp3) is 0.412. The molecule has 3 nitrogen and oxygen atoms in total. The van der Waals surface area contributed by atoms with Crippen molar-refractivity contribution in [1.82, 2.24) is 9.88 Å². The van der Waals surface area contributed by atoms with Crippen LogP contribution < -0.4 is 4.74 Å². The fourth-order valence-electron chi connectivity index (χ4n) is 2.97. The molecule has 0 atom stereocenters. The predicted octanol–water partition coefficient (Wildman–Crippen LogP) is 4.10. The summed E-state index contributed by atoms with van der Waals surface area (Å²) in [4.78, 5) is 5.88. The van der Waals surface area contributed by atoms with Gasteiger partial charge in [-0.25, -0.2) is 0 Å². The molecule has 2 aromatic rings. The van der Waals surface area contributed by atoms with Gasteiger partial charge < -0.3 is 9.72 Å². The van der Waals surface area contributed by atoms with Crippen LogP contribution in [0.25, 0.3) is 16.5 Å². The average Bonchev–Trinajstić information content (AvgIpc) is 2.91. The van der Waals surface area contributed by atoms with Crippen LogP contribution in [-0.2, 0) is 0 Å². The highest BCUT2D eigenvalue weighted by atomic mass is 35.5. The van der Waals surface area contributed by atoms with E-state index in [-0.39, 0.29) is 12.4 Å². The molecule has 21 heavy (non-hydrogen) atoms. The van der Waals surface area contributed by atoms with Gasteiger partial charge in [0.05, 0.1) is 7.11 Å². The van der Waals surface area contributed by atoms with E-state index in [9.17, 15) is 0 Å². The normalized spacial score (nSPS) is 15.6. The third-order valence-electron chi connectivity index (χ3n) is 4.07. The Kier molecular flexibility index (Phi) is 5.32. The summed E-state index contributed by atoms with van der Waals surface area (Å²) < 4.78 is 5.34. The van der Waals surface area contributed by atoms with Gasteiger partial charge in [-0.2, -0.15) is 0 Å². The number of nitrogens with zero attached hydrogens (tertiary/aromatic N) is 1. The number of benzene rings is 1. The Morgan fingerprint density at radius 2 is 2.19 bits per heavy atom. The Bertz CT molecular complexity index is 633. The summed E-state index contributed by atoms with van der Waals surface area (Å²) in [5, 5.41) is 1.26. The van der Waals surface area contributed by atoms with E-state index in [4.69, 9.17) is 4.74 Å². The number of nitrogens with one attached hydrogen (secondary N) is 1. The third kappa shape index (κ3) is 3.25. The van der Waals surface area contributed by atoms with Gasteiger partial charge in [-0.15, -0.1) is 12.4 Å². The Labute approximate surface area is 132 Å². The maximum atomic E-state index is 5.34. The van der Waals surface area contributed by atoms with Crippen LogP contribution >= 0.6 is 12.4 Å². The zero-order chi connectivity index (χ0) is 13.9. The van der Waals surface area contributed by atoms with Crippen molar-refractivity contribution in [2.75, 3.05) is 26.7 Å². The number of aromatic amines is 1. The number of ether oxygens (including phenoxy) is 1. The van der Waals surface area contributed by atoms with E-state index in [0.717, 1.165) is 25.3 Å². The van der Waals surface area contributed by atoms with E-state index in [1.807, 2.05) is 6.07 Å². The second kappa shape index (κ2) is 7.01. The first kappa shape index (κ1) is 15.9. The van der Waals surface area contributed by atoms with E-state index < -0.39 is 0 Å². The van der Waals surface area contributed by atoms with Gasteiger partial charge in [-0.3, -0.25) is 4.90 Å². The minimum absolute atomic E-state index is 0. The molecule has 1 aromatic heterocycles. The molecule has 1 aliphatic rings. The van der Waals surface area contributed by atoms with Gasteiger partial charge in [0.25, 0.3) is 0 Å². The van der Waals surface area contributed by atoms with Gasteiger partial charge in [-0.1, -0.05) is 13.0 Å². The number of hydrogen-bond donors (Lipinski definition) is 1. The molecule has 0 spiro atoms. The smallest absolute Gasteiger partial charge is 0.119 e. The van der Waals surface area contributed by atoms with Crippen LogP contribution in [-0.4, -0.2) is 36.6 Å². The van der Waals surface area contributed by atoms with Gasteiger partial charge >= 0.3 is 0 Å². The van der Waals surface area contributed by atoms with Gasteiger partial charge in [0.1, 0.15) is 5.75 Å². The Morgan fingerprint density at radius 1 is 1.33 bits per heavy atom. The predicted molar refractivity (Wildman–Crippen MR) is 91.4 cm³/mol. The van der Waals surface area contributed by atoms with Gasteiger partial charge in [-0.05, 0) is 43.2 Å². The Hall–Kier alpha value is -1.45. The molecule has 1 aliphatic heterocycles. The summed E-state index contributed by atoms with van der Waals surface area (Å²) in [6.07, 6.45) is 6.87. The molecule has 0 amide bonds. The SMILES string of the molecule is CCCN1CC=C(c2c[nH]c3ccc(OC)cc23)CC1.Cl. The molecule has 0 saturated heterocycles. The minimum Gasteiger partial charge on any atom is -0.497 e. The second-order valence-corrected chi connectivity index (χ2v) is 5.39. The highest BCUT2D eigenvalue weighted by molar-refractivity contribution is 5.93. The van der Waals surface area contributed by atoms with Crippen LogP contribution in [0.2, 0.25) is 0 Å². The summed E-state index contributed by atoms with van der Waals surface area (Å²) in [5.74, 6) is 0.919.